The zero-order chi connectivity index (χ0) is 15.1. The van der Waals surface area contributed by atoms with Crippen LogP contribution < -0.4 is 4.72 Å². The van der Waals surface area contributed by atoms with Gasteiger partial charge >= 0.3 is 5.97 Å². The number of rotatable bonds is 4. The molecule has 0 radical (unpaired) electrons. The number of carbonyl (C=O) groups is 1. The number of fused-ring (bicyclic) bond motifs is 1. The minimum atomic E-state index is -3.88. The Balaban J connectivity index is 2.07. The second-order valence-corrected chi connectivity index (χ2v) is 6.97. The van der Waals surface area contributed by atoms with Crippen molar-refractivity contribution in [1.29, 1.82) is 0 Å². The molecule has 6 heteroatoms. The van der Waals surface area contributed by atoms with Crippen LogP contribution in [0.25, 0.3) is 10.8 Å². The topological polar surface area (TPSA) is 83.5 Å². The number of carboxylic acids is 1. The molecule has 21 heavy (non-hydrogen) atoms. The molecule has 110 valence electrons. The Labute approximate surface area is 122 Å². The third-order valence-electron chi connectivity index (χ3n) is 3.99. The first-order valence-corrected chi connectivity index (χ1v) is 8.18. The zero-order valence-corrected chi connectivity index (χ0v) is 12.1. The molecule has 1 saturated carbocycles. The van der Waals surface area contributed by atoms with Gasteiger partial charge in [0.2, 0.25) is 10.0 Å². The highest BCUT2D eigenvalue weighted by Crippen LogP contribution is 2.34. The van der Waals surface area contributed by atoms with Gasteiger partial charge in [-0.2, -0.15) is 4.72 Å². The van der Waals surface area contributed by atoms with Gasteiger partial charge in [0, 0.05) is 5.39 Å². The molecule has 2 aromatic carbocycles. The molecule has 5 nitrogen and oxygen atoms in total. The van der Waals surface area contributed by atoms with Gasteiger partial charge in [-0.3, -0.25) is 4.79 Å². The average molecular weight is 305 g/mol. The van der Waals surface area contributed by atoms with Gasteiger partial charge in [-0.25, -0.2) is 8.42 Å². The van der Waals surface area contributed by atoms with Crippen molar-refractivity contribution in [3.05, 3.63) is 42.5 Å². The van der Waals surface area contributed by atoms with Crippen LogP contribution >= 0.6 is 0 Å². The Morgan fingerprint density at radius 2 is 1.76 bits per heavy atom. The van der Waals surface area contributed by atoms with E-state index in [1.165, 1.54) is 6.07 Å². The standard InChI is InChI=1S/C15H15NO4S/c17-14(18)15(9-4-10-15)16-21(19,20)13-8-3-6-11-5-1-2-7-12(11)13/h1-3,5-8,16H,4,9-10H2,(H,17,18). The monoisotopic (exact) mass is 305 g/mol. The molecule has 0 aliphatic heterocycles. The molecule has 2 aromatic rings. The van der Waals surface area contributed by atoms with Gasteiger partial charge in [0.25, 0.3) is 0 Å². The van der Waals surface area contributed by atoms with Crippen LogP contribution in [0.3, 0.4) is 0 Å². The SMILES string of the molecule is O=C(O)C1(NS(=O)(=O)c2cccc3ccccc23)CCC1. The summed E-state index contributed by atoms with van der Waals surface area (Å²) in [6.07, 6.45) is 1.36. The van der Waals surface area contributed by atoms with E-state index < -0.39 is 21.5 Å². The summed E-state index contributed by atoms with van der Waals surface area (Å²) in [7, 11) is -3.88. The quantitative estimate of drug-likeness (QED) is 0.906. The third-order valence-corrected chi connectivity index (χ3v) is 5.58. The molecule has 0 saturated heterocycles. The van der Waals surface area contributed by atoms with Gasteiger partial charge in [0.05, 0.1) is 4.90 Å². The maximum absolute atomic E-state index is 12.6. The van der Waals surface area contributed by atoms with Crippen molar-refractivity contribution in [1.82, 2.24) is 4.72 Å². The lowest BCUT2D eigenvalue weighted by atomic mass is 9.78. The van der Waals surface area contributed by atoms with Crippen LogP contribution in [-0.2, 0) is 14.8 Å². The molecule has 0 spiro atoms. The van der Waals surface area contributed by atoms with Crippen molar-refractivity contribution < 1.29 is 18.3 Å². The predicted molar refractivity (Wildman–Crippen MR) is 78.5 cm³/mol. The van der Waals surface area contributed by atoms with Gasteiger partial charge in [-0.15, -0.1) is 0 Å². The molecule has 0 amide bonds. The van der Waals surface area contributed by atoms with Gasteiger partial charge < -0.3 is 5.11 Å². The van der Waals surface area contributed by atoms with E-state index in [4.69, 9.17) is 0 Å². The van der Waals surface area contributed by atoms with Crippen LogP contribution in [0, 0.1) is 0 Å². The van der Waals surface area contributed by atoms with Crippen LogP contribution in [0.2, 0.25) is 0 Å². The lowest BCUT2D eigenvalue weighted by Crippen LogP contribution is -2.58. The lowest BCUT2D eigenvalue weighted by Gasteiger charge is -2.37. The summed E-state index contributed by atoms with van der Waals surface area (Å²) in [5.74, 6) is -1.11. The van der Waals surface area contributed by atoms with Gasteiger partial charge in [0.15, 0.2) is 0 Å². The Bertz CT molecular complexity index is 804. The van der Waals surface area contributed by atoms with Crippen LogP contribution in [0.5, 0.6) is 0 Å². The fourth-order valence-corrected chi connectivity index (χ4v) is 4.28. The minimum absolute atomic E-state index is 0.119. The highest BCUT2D eigenvalue weighted by atomic mass is 32.2. The molecular weight excluding hydrogens is 290 g/mol. The van der Waals surface area contributed by atoms with Crippen molar-refractivity contribution in [3.63, 3.8) is 0 Å². The summed E-state index contributed by atoms with van der Waals surface area (Å²) in [4.78, 5) is 11.5. The molecule has 0 atom stereocenters. The Morgan fingerprint density at radius 1 is 1.10 bits per heavy atom. The van der Waals surface area contributed by atoms with E-state index in [1.807, 2.05) is 18.2 Å². The van der Waals surface area contributed by atoms with E-state index in [0.29, 0.717) is 24.6 Å². The molecule has 0 aromatic heterocycles. The first-order valence-electron chi connectivity index (χ1n) is 6.70. The normalized spacial score (nSPS) is 17.3. The number of carboxylic acid groups (broad SMARTS) is 1. The van der Waals surface area contributed by atoms with E-state index in [0.717, 1.165) is 5.39 Å². The summed E-state index contributed by atoms with van der Waals surface area (Å²) in [6, 6.07) is 12.1. The number of benzene rings is 2. The van der Waals surface area contributed by atoms with Crippen LogP contribution in [-0.4, -0.2) is 25.0 Å². The fraction of sp³-hybridized carbons (Fsp3) is 0.267. The molecule has 0 unspecified atom stereocenters. The van der Waals surface area contributed by atoms with E-state index >= 15 is 0 Å². The molecule has 0 bridgehead atoms. The molecular formula is C15H15NO4S. The Morgan fingerprint density at radius 3 is 2.38 bits per heavy atom. The minimum Gasteiger partial charge on any atom is -0.480 e. The number of hydrogen-bond acceptors (Lipinski definition) is 3. The van der Waals surface area contributed by atoms with Crippen molar-refractivity contribution in [3.8, 4) is 0 Å². The number of sulfonamides is 1. The van der Waals surface area contributed by atoms with Crippen molar-refractivity contribution >= 4 is 26.8 Å². The van der Waals surface area contributed by atoms with E-state index in [9.17, 15) is 18.3 Å². The average Bonchev–Trinajstić information content (AvgIpc) is 2.42. The van der Waals surface area contributed by atoms with E-state index in [1.54, 1.807) is 18.2 Å². The maximum atomic E-state index is 12.6. The van der Waals surface area contributed by atoms with E-state index in [-0.39, 0.29) is 4.90 Å². The van der Waals surface area contributed by atoms with Gasteiger partial charge in [-0.05, 0) is 30.7 Å². The van der Waals surface area contributed by atoms with Gasteiger partial charge in [-0.1, -0.05) is 36.4 Å². The summed E-state index contributed by atoms with van der Waals surface area (Å²) in [5.41, 5.74) is -1.35. The first kappa shape index (κ1) is 14.0. The first-order chi connectivity index (χ1) is 9.95. The maximum Gasteiger partial charge on any atom is 0.324 e. The van der Waals surface area contributed by atoms with Gasteiger partial charge in [0.1, 0.15) is 5.54 Å². The Kier molecular flexibility index (Phi) is 3.22. The molecule has 1 aliphatic rings. The number of nitrogens with one attached hydrogen (secondary N) is 1. The van der Waals surface area contributed by atoms with Crippen LogP contribution in [0.1, 0.15) is 19.3 Å². The number of hydrogen-bond donors (Lipinski definition) is 2. The highest BCUT2D eigenvalue weighted by Gasteiger charge is 2.47. The van der Waals surface area contributed by atoms with Crippen LogP contribution in [0.15, 0.2) is 47.4 Å². The van der Waals surface area contributed by atoms with Crippen LogP contribution in [0.4, 0.5) is 0 Å². The molecule has 1 fully saturated rings. The molecule has 2 N–H and O–H groups in total. The number of aliphatic carboxylic acids is 1. The second-order valence-electron chi connectivity index (χ2n) is 5.32. The predicted octanol–water partition coefficient (Wildman–Crippen LogP) is 2.13. The summed E-state index contributed by atoms with van der Waals surface area (Å²) in [6.45, 7) is 0. The molecule has 1 aliphatic carbocycles. The molecule has 0 heterocycles. The zero-order valence-electron chi connectivity index (χ0n) is 11.2. The van der Waals surface area contributed by atoms with Crippen molar-refractivity contribution in [2.75, 3.05) is 0 Å². The Hall–Kier alpha value is -1.92. The highest BCUT2D eigenvalue weighted by molar-refractivity contribution is 7.89. The summed E-state index contributed by atoms with van der Waals surface area (Å²) >= 11 is 0. The summed E-state index contributed by atoms with van der Waals surface area (Å²) < 4.78 is 27.6. The smallest absolute Gasteiger partial charge is 0.324 e. The largest absolute Gasteiger partial charge is 0.480 e. The van der Waals surface area contributed by atoms with Crippen molar-refractivity contribution in [2.45, 2.75) is 29.7 Å². The van der Waals surface area contributed by atoms with E-state index in [2.05, 4.69) is 4.72 Å². The fourth-order valence-electron chi connectivity index (χ4n) is 2.63. The second kappa shape index (κ2) is 4.82. The lowest BCUT2D eigenvalue weighted by molar-refractivity contribution is -0.147. The summed E-state index contributed by atoms with van der Waals surface area (Å²) in [5, 5.41) is 10.7. The third kappa shape index (κ3) is 2.30. The molecule has 3 rings (SSSR count). The van der Waals surface area contributed by atoms with Crippen molar-refractivity contribution in [2.24, 2.45) is 0 Å².